The van der Waals surface area contributed by atoms with Gasteiger partial charge in [-0.05, 0) is 153 Å². The lowest BCUT2D eigenvalue weighted by molar-refractivity contribution is 0.0273. The predicted molar refractivity (Wildman–Crippen MR) is 319 cm³/mol. The molecular weight excluding hydrogens is 1030 g/mol. The minimum absolute atomic E-state index is 0.365. The highest BCUT2D eigenvalue weighted by Crippen LogP contribution is 2.59. The standard InChI is InChI=1S/C70H74O12/c1-49-7-27-61-63-29-25-59(47-67(63)69(65(61)45-49,51-9-17-55(18-10-51)77-39-31-71-3)52-11-19-56(20-12-52)78-40-32-72-4)81-43-37-75-35-36-76-38-44-82-60-26-30-64-62-28-8-50(2)46-66(62)70(68(64)48-60,53-13-21-57(22-14-53)79-41-33-73-5)54-15-23-58(24-16-54)80-42-34-74-6/h7-30,45-48H,31-44H2,1-6H3. The summed E-state index contributed by atoms with van der Waals surface area (Å²) in [5, 5.41) is 0. The van der Waals surface area contributed by atoms with Crippen LogP contribution in [0.3, 0.4) is 0 Å². The number of methoxy groups -OCH3 is 4. The van der Waals surface area contributed by atoms with E-state index in [4.69, 9.17) is 56.8 Å². The van der Waals surface area contributed by atoms with Crippen LogP contribution in [0.25, 0.3) is 22.3 Å². The van der Waals surface area contributed by atoms with Gasteiger partial charge in [0.05, 0.1) is 63.7 Å². The number of hydrogen-bond donors (Lipinski definition) is 0. The Bertz CT molecular complexity index is 3010. The average molecular weight is 1110 g/mol. The topological polar surface area (TPSA) is 111 Å². The fourth-order valence-electron chi connectivity index (χ4n) is 11.5. The highest BCUT2D eigenvalue weighted by molar-refractivity contribution is 5.88. The van der Waals surface area contributed by atoms with Crippen molar-refractivity contribution >= 4 is 0 Å². The molecule has 2 aliphatic carbocycles. The van der Waals surface area contributed by atoms with Crippen molar-refractivity contribution in [1.29, 1.82) is 0 Å². The summed E-state index contributed by atoms with van der Waals surface area (Å²) in [6.07, 6.45) is 0. The Hall–Kier alpha value is -7.68. The van der Waals surface area contributed by atoms with Gasteiger partial charge in [-0.25, -0.2) is 0 Å². The van der Waals surface area contributed by atoms with E-state index in [-0.39, 0.29) is 0 Å². The molecule has 0 N–H and O–H groups in total. The molecule has 0 atom stereocenters. The normalized spacial score (nSPS) is 13.2. The van der Waals surface area contributed by atoms with Crippen molar-refractivity contribution < 1.29 is 56.8 Å². The summed E-state index contributed by atoms with van der Waals surface area (Å²) in [4.78, 5) is 0. The number of rotatable bonds is 31. The van der Waals surface area contributed by atoms with Crippen LogP contribution in [0.4, 0.5) is 0 Å². The van der Waals surface area contributed by atoms with Crippen LogP contribution in [0.1, 0.15) is 55.6 Å². The zero-order valence-electron chi connectivity index (χ0n) is 48.0. The summed E-state index contributed by atoms with van der Waals surface area (Å²) in [6.45, 7) is 10.5. The second-order valence-corrected chi connectivity index (χ2v) is 20.4. The van der Waals surface area contributed by atoms with Gasteiger partial charge in [-0.2, -0.15) is 0 Å². The minimum atomic E-state index is -0.666. The van der Waals surface area contributed by atoms with Crippen LogP contribution in [-0.4, -0.2) is 121 Å². The van der Waals surface area contributed by atoms with Gasteiger partial charge < -0.3 is 56.8 Å². The largest absolute Gasteiger partial charge is 0.491 e. The molecule has 0 radical (unpaired) electrons. The molecule has 0 saturated heterocycles. The molecule has 0 fully saturated rings. The van der Waals surface area contributed by atoms with Crippen molar-refractivity contribution in [3.05, 3.63) is 225 Å². The molecule has 0 aliphatic heterocycles. The summed E-state index contributed by atoms with van der Waals surface area (Å²) in [5.74, 6) is 4.64. The van der Waals surface area contributed by atoms with Crippen LogP contribution >= 0.6 is 0 Å². The monoisotopic (exact) mass is 1110 g/mol. The zero-order valence-corrected chi connectivity index (χ0v) is 48.0. The Morgan fingerprint density at radius 1 is 0.244 bits per heavy atom. The van der Waals surface area contributed by atoms with Gasteiger partial charge >= 0.3 is 0 Å². The molecule has 0 aromatic heterocycles. The van der Waals surface area contributed by atoms with E-state index in [0.717, 1.165) is 79.0 Å². The first-order chi connectivity index (χ1) is 40.3. The Morgan fingerprint density at radius 2 is 0.476 bits per heavy atom. The van der Waals surface area contributed by atoms with Gasteiger partial charge in [-0.15, -0.1) is 0 Å². The first-order valence-electron chi connectivity index (χ1n) is 28.1. The van der Waals surface area contributed by atoms with E-state index in [2.05, 4.69) is 135 Å². The third-order valence-electron chi connectivity index (χ3n) is 15.3. The summed E-state index contributed by atoms with van der Waals surface area (Å²) in [7, 11) is 6.70. The van der Waals surface area contributed by atoms with Crippen molar-refractivity contribution in [1.82, 2.24) is 0 Å². The number of hydrogen-bond acceptors (Lipinski definition) is 12. The molecule has 426 valence electrons. The molecule has 12 nitrogen and oxygen atoms in total. The fraction of sp³-hybridized carbons (Fsp3) is 0.314. The Kier molecular flexibility index (Phi) is 19.2. The van der Waals surface area contributed by atoms with Gasteiger partial charge in [0.25, 0.3) is 0 Å². The van der Waals surface area contributed by atoms with Gasteiger partial charge in [-0.3, -0.25) is 0 Å². The maximum Gasteiger partial charge on any atom is 0.119 e. The molecule has 0 bridgehead atoms. The predicted octanol–water partition coefficient (Wildman–Crippen LogP) is 12.6. The van der Waals surface area contributed by atoms with E-state index < -0.39 is 10.8 Å². The summed E-state index contributed by atoms with van der Waals surface area (Å²) < 4.78 is 70.1. The molecule has 8 aromatic carbocycles. The molecule has 8 aromatic rings. The van der Waals surface area contributed by atoms with Crippen molar-refractivity contribution in [2.45, 2.75) is 24.7 Å². The lowest BCUT2D eigenvalue weighted by Crippen LogP contribution is -2.28. The Labute approximate surface area is 482 Å². The van der Waals surface area contributed by atoms with Crippen molar-refractivity contribution in [2.24, 2.45) is 0 Å². The van der Waals surface area contributed by atoms with Crippen LogP contribution in [0, 0.1) is 13.8 Å². The molecule has 0 spiro atoms. The highest BCUT2D eigenvalue weighted by atomic mass is 16.6. The summed E-state index contributed by atoms with van der Waals surface area (Å²) >= 11 is 0. The third-order valence-corrected chi connectivity index (χ3v) is 15.3. The molecular formula is C70H74O12. The minimum Gasteiger partial charge on any atom is -0.491 e. The Morgan fingerprint density at radius 3 is 0.768 bits per heavy atom. The first kappa shape index (κ1) is 57.6. The second kappa shape index (κ2) is 27.4. The van der Waals surface area contributed by atoms with Crippen molar-refractivity contribution in [2.75, 3.05) is 121 Å². The van der Waals surface area contributed by atoms with Crippen LogP contribution in [0.2, 0.25) is 0 Å². The first-order valence-corrected chi connectivity index (χ1v) is 28.1. The van der Waals surface area contributed by atoms with E-state index >= 15 is 0 Å². The van der Waals surface area contributed by atoms with E-state index in [9.17, 15) is 0 Å². The zero-order chi connectivity index (χ0) is 56.7. The van der Waals surface area contributed by atoms with Gasteiger partial charge in [0.15, 0.2) is 0 Å². The molecule has 0 unspecified atom stereocenters. The summed E-state index contributed by atoms with van der Waals surface area (Å²) in [5.41, 5.74) is 14.8. The lowest BCUT2D eigenvalue weighted by Gasteiger charge is -2.34. The van der Waals surface area contributed by atoms with Crippen LogP contribution in [-0.2, 0) is 39.3 Å². The lowest BCUT2D eigenvalue weighted by atomic mass is 9.67. The van der Waals surface area contributed by atoms with Gasteiger partial charge in [-0.1, -0.05) is 108 Å². The summed E-state index contributed by atoms with van der Waals surface area (Å²) in [6, 6.07) is 60.1. The molecule has 82 heavy (non-hydrogen) atoms. The third kappa shape index (κ3) is 12.2. The second-order valence-electron chi connectivity index (χ2n) is 20.4. The van der Waals surface area contributed by atoms with Crippen molar-refractivity contribution in [3.63, 3.8) is 0 Å². The maximum absolute atomic E-state index is 6.47. The number of aryl methyl sites for hydroxylation is 2. The molecule has 0 saturated carbocycles. The van der Waals surface area contributed by atoms with Crippen LogP contribution < -0.4 is 28.4 Å². The highest BCUT2D eigenvalue weighted by Gasteiger charge is 2.48. The van der Waals surface area contributed by atoms with Crippen LogP contribution in [0.5, 0.6) is 34.5 Å². The van der Waals surface area contributed by atoms with Gasteiger partial charge in [0.1, 0.15) is 74.1 Å². The molecule has 10 rings (SSSR count). The molecule has 0 heterocycles. The number of benzene rings is 8. The number of fused-ring (bicyclic) bond motifs is 6. The molecule has 0 amide bonds. The van der Waals surface area contributed by atoms with Gasteiger partial charge in [0.2, 0.25) is 0 Å². The average Bonchev–Trinajstić information content (AvgIpc) is 1.87. The smallest absolute Gasteiger partial charge is 0.119 e. The van der Waals surface area contributed by atoms with E-state index in [0.29, 0.717) is 92.5 Å². The fourth-order valence-corrected chi connectivity index (χ4v) is 11.5. The quantitative estimate of drug-likeness (QED) is 0.0386. The van der Waals surface area contributed by atoms with Crippen molar-refractivity contribution in [3.8, 4) is 56.8 Å². The van der Waals surface area contributed by atoms with E-state index in [1.165, 1.54) is 33.4 Å². The molecule has 12 heteroatoms. The van der Waals surface area contributed by atoms with E-state index in [1.54, 1.807) is 28.4 Å². The van der Waals surface area contributed by atoms with E-state index in [1.807, 2.05) is 48.5 Å². The number of ether oxygens (including phenoxy) is 12. The molecule has 2 aliphatic rings. The Balaban J connectivity index is 0.795. The van der Waals surface area contributed by atoms with Crippen LogP contribution in [0.15, 0.2) is 170 Å². The SMILES string of the molecule is COCCOc1ccc(C2(c3ccc(OCCOC)cc3)c3cc(C)ccc3-c3ccc(OCCOCCOCCOc4ccc5c(c4)C(c4ccc(OCCOC)cc4)(c4ccc(OCCOC)cc4)c4cc(C)ccc4-5)cc32)cc1. The van der Waals surface area contributed by atoms with Gasteiger partial charge in [0, 0.05) is 28.4 Å². The maximum atomic E-state index is 6.47.